The lowest BCUT2D eigenvalue weighted by Gasteiger charge is -2.11. The van der Waals surface area contributed by atoms with Gasteiger partial charge in [-0.15, -0.1) is 0 Å². The van der Waals surface area contributed by atoms with Crippen molar-refractivity contribution in [3.8, 4) is 0 Å². The van der Waals surface area contributed by atoms with E-state index in [0.717, 1.165) is 20.1 Å². The number of carbonyl (C=O) groups excluding carboxylic acids is 1. The van der Waals surface area contributed by atoms with Gasteiger partial charge in [-0.25, -0.2) is 0 Å². The van der Waals surface area contributed by atoms with Gasteiger partial charge in [0.25, 0.3) is 0 Å². The number of aryl methyl sites for hydroxylation is 1. The number of rotatable bonds is 3. The predicted molar refractivity (Wildman–Crippen MR) is 89.8 cm³/mol. The number of hydrogen-bond acceptors (Lipinski definition) is 2. The van der Waals surface area contributed by atoms with Gasteiger partial charge in [-0.3, -0.25) is 4.79 Å². The fourth-order valence-electron chi connectivity index (χ4n) is 1.88. The first-order chi connectivity index (χ1) is 9.47. The molecule has 2 rings (SSSR count). The fraction of sp³-hybridized carbons (Fsp3) is 0.133. The van der Waals surface area contributed by atoms with Gasteiger partial charge in [-0.2, -0.15) is 0 Å². The molecule has 0 bridgehead atoms. The molecule has 0 saturated carbocycles. The number of amides is 1. The lowest BCUT2D eigenvalue weighted by atomic mass is 10.1. The van der Waals surface area contributed by atoms with Crippen LogP contribution in [0.2, 0.25) is 0 Å². The van der Waals surface area contributed by atoms with Crippen LogP contribution in [-0.2, 0) is 11.2 Å². The molecule has 0 spiro atoms. The number of halogens is 2. The second-order valence-corrected chi connectivity index (χ2v) is 6.22. The molecule has 2 aromatic carbocycles. The zero-order valence-electron chi connectivity index (χ0n) is 10.9. The monoisotopic (exact) mass is 396 g/mol. The van der Waals surface area contributed by atoms with Gasteiger partial charge in [-0.05, 0) is 62.0 Å². The molecule has 104 valence electrons. The Bertz CT molecular complexity index is 633. The van der Waals surface area contributed by atoms with Crippen LogP contribution in [0.25, 0.3) is 0 Å². The van der Waals surface area contributed by atoms with Crippen molar-refractivity contribution < 1.29 is 4.79 Å². The van der Waals surface area contributed by atoms with Crippen molar-refractivity contribution in [2.75, 3.05) is 11.1 Å². The number of anilines is 2. The minimum atomic E-state index is -0.0644. The van der Waals surface area contributed by atoms with Gasteiger partial charge in [0.2, 0.25) is 5.91 Å². The van der Waals surface area contributed by atoms with E-state index in [9.17, 15) is 4.79 Å². The summed E-state index contributed by atoms with van der Waals surface area (Å²) >= 11 is 6.80. The van der Waals surface area contributed by atoms with Crippen LogP contribution in [0, 0.1) is 6.92 Å². The summed E-state index contributed by atoms with van der Waals surface area (Å²) in [5.41, 5.74) is 9.18. The predicted octanol–water partition coefficient (Wildman–Crippen LogP) is 4.28. The summed E-state index contributed by atoms with van der Waals surface area (Å²) in [6.07, 6.45) is 0.343. The Labute approximate surface area is 134 Å². The minimum Gasteiger partial charge on any atom is -0.399 e. The SMILES string of the molecule is Cc1ccccc1CC(=O)Nc1c(Br)cc(N)cc1Br. The molecule has 0 saturated heterocycles. The standard InChI is InChI=1S/C15H14Br2N2O/c1-9-4-2-3-5-10(9)6-14(20)19-15-12(16)7-11(18)8-13(15)17/h2-5,7-8H,6,18H2,1H3,(H,19,20). The third kappa shape index (κ3) is 3.61. The minimum absolute atomic E-state index is 0.0644. The van der Waals surface area contributed by atoms with Gasteiger partial charge >= 0.3 is 0 Å². The van der Waals surface area contributed by atoms with Crippen LogP contribution in [0.1, 0.15) is 11.1 Å². The van der Waals surface area contributed by atoms with Crippen molar-refractivity contribution in [1.82, 2.24) is 0 Å². The molecule has 0 aliphatic rings. The van der Waals surface area contributed by atoms with Crippen LogP contribution < -0.4 is 11.1 Å². The third-order valence-electron chi connectivity index (χ3n) is 2.94. The second-order valence-electron chi connectivity index (χ2n) is 4.51. The van der Waals surface area contributed by atoms with Crippen LogP contribution in [0.5, 0.6) is 0 Å². The van der Waals surface area contributed by atoms with Gasteiger partial charge in [0.15, 0.2) is 0 Å². The summed E-state index contributed by atoms with van der Waals surface area (Å²) in [6, 6.07) is 11.4. The molecule has 2 aromatic rings. The van der Waals surface area contributed by atoms with Crippen LogP contribution in [0.4, 0.5) is 11.4 Å². The molecule has 5 heteroatoms. The van der Waals surface area contributed by atoms with Gasteiger partial charge in [0, 0.05) is 14.6 Å². The first-order valence-electron chi connectivity index (χ1n) is 6.06. The average molecular weight is 398 g/mol. The summed E-state index contributed by atoms with van der Waals surface area (Å²) < 4.78 is 1.50. The molecule has 0 heterocycles. The molecule has 1 amide bonds. The highest BCUT2D eigenvalue weighted by Gasteiger charge is 2.11. The Morgan fingerprint density at radius 1 is 1.20 bits per heavy atom. The van der Waals surface area contributed by atoms with Crippen molar-refractivity contribution in [2.24, 2.45) is 0 Å². The maximum absolute atomic E-state index is 12.1. The second kappa shape index (κ2) is 6.41. The average Bonchev–Trinajstić information content (AvgIpc) is 2.36. The Morgan fingerprint density at radius 2 is 1.80 bits per heavy atom. The molecule has 0 aliphatic carbocycles. The van der Waals surface area contributed by atoms with Crippen molar-refractivity contribution in [2.45, 2.75) is 13.3 Å². The van der Waals surface area contributed by atoms with E-state index in [0.29, 0.717) is 17.8 Å². The van der Waals surface area contributed by atoms with E-state index in [1.807, 2.05) is 31.2 Å². The summed E-state index contributed by atoms with van der Waals surface area (Å²) in [4.78, 5) is 12.1. The maximum Gasteiger partial charge on any atom is 0.228 e. The number of carbonyl (C=O) groups is 1. The Hall–Kier alpha value is -1.33. The normalized spacial score (nSPS) is 10.3. The number of hydrogen-bond donors (Lipinski definition) is 2. The van der Waals surface area contributed by atoms with Crippen LogP contribution in [-0.4, -0.2) is 5.91 Å². The van der Waals surface area contributed by atoms with E-state index >= 15 is 0 Å². The quantitative estimate of drug-likeness (QED) is 0.759. The highest BCUT2D eigenvalue weighted by molar-refractivity contribution is 9.11. The molecule has 0 unspecified atom stereocenters. The molecule has 0 atom stereocenters. The number of nitrogens with one attached hydrogen (secondary N) is 1. The first-order valence-corrected chi connectivity index (χ1v) is 7.65. The molecule has 20 heavy (non-hydrogen) atoms. The van der Waals surface area contributed by atoms with Crippen LogP contribution >= 0.6 is 31.9 Å². The molecule has 0 fully saturated rings. The lowest BCUT2D eigenvalue weighted by molar-refractivity contribution is -0.115. The molecular weight excluding hydrogens is 384 g/mol. The first kappa shape index (κ1) is 15.1. The zero-order chi connectivity index (χ0) is 14.7. The van der Waals surface area contributed by atoms with Crippen molar-refractivity contribution >= 4 is 49.1 Å². The van der Waals surface area contributed by atoms with Crippen molar-refractivity contribution in [3.63, 3.8) is 0 Å². The summed E-state index contributed by atoms with van der Waals surface area (Å²) in [5, 5.41) is 2.89. The molecule has 0 aromatic heterocycles. The zero-order valence-corrected chi connectivity index (χ0v) is 14.1. The Kier molecular flexibility index (Phi) is 4.83. The molecule has 0 radical (unpaired) electrons. The largest absolute Gasteiger partial charge is 0.399 e. The van der Waals surface area contributed by atoms with E-state index in [4.69, 9.17) is 5.73 Å². The molecule has 3 N–H and O–H groups in total. The highest BCUT2D eigenvalue weighted by atomic mass is 79.9. The van der Waals surface area contributed by atoms with E-state index in [-0.39, 0.29) is 5.91 Å². The van der Waals surface area contributed by atoms with Crippen LogP contribution in [0.3, 0.4) is 0 Å². The smallest absolute Gasteiger partial charge is 0.228 e. The highest BCUT2D eigenvalue weighted by Crippen LogP contribution is 2.33. The van der Waals surface area contributed by atoms with Crippen molar-refractivity contribution in [1.29, 1.82) is 0 Å². The fourth-order valence-corrected chi connectivity index (χ4v) is 3.30. The molecule has 3 nitrogen and oxygen atoms in total. The third-order valence-corrected chi connectivity index (χ3v) is 4.19. The molecular formula is C15H14Br2N2O. The topological polar surface area (TPSA) is 55.1 Å². The van der Waals surface area contributed by atoms with Gasteiger partial charge in [-0.1, -0.05) is 24.3 Å². The number of nitrogen functional groups attached to an aromatic ring is 1. The maximum atomic E-state index is 12.1. The van der Waals surface area contributed by atoms with E-state index in [2.05, 4.69) is 37.2 Å². The van der Waals surface area contributed by atoms with E-state index in [1.54, 1.807) is 12.1 Å². The van der Waals surface area contributed by atoms with E-state index < -0.39 is 0 Å². The van der Waals surface area contributed by atoms with Crippen molar-refractivity contribution in [3.05, 3.63) is 56.5 Å². The summed E-state index contributed by atoms with van der Waals surface area (Å²) in [7, 11) is 0. The lowest BCUT2D eigenvalue weighted by Crippen LogP contribution is -2.15. The number of nitrogens with two attached hydrogens (primary N) is 1. The Morgan fingerprint density at radius 3 is 2.40 bits per heavy atom. The van der Waals surface area contributed by atoms with Gasteiger partial charge < -0.3 is 11.1 Å². The van der Waals surface area contributed by atoms with Crippen LogP contribution in [0.15, 0.2) is 45.3 Å². The summed E-state index contributed by atoms with van der Waals surface area (Å²) in [6.45, 7) is 2.00. The summed E-state index contributed by atoms with van der Waals surface area (Å²) in [5.74, 6) is -0.0644. The van der Waals surface area contributed by atoms with Gasteiger partial charge in [0.05, 0.1) is 12.1 Å². The van der Waals surface area contributed by atoms with E-state index in [1.165, 1.54) is 0 Å². The molecule has 0 aliphatic heterocycles. The Balaban J connectivity index is 2.15. The number of benzene rings is 2. The van der Waals surface area contributed by atoms with Gasteiger partial charge in [0.1, 0.15) is 0 Å².